The van der Waals surface area contributed by atoms with Crippen molar-refractivity contribution >= 4 is 50.9 Å². The van der Waals surface area contributed by atoms with Crippen LogP contribution in [0.3, 0.4) is 0 Å². The number of anilines is 1. The van der Waals surface area contributed by atoms with Gasteiger partial charge in [-0.3, -0.25) is 4.79 Å². The van der Waals surface area contributed by atoms with Crippen molar-refractivity contribution in [3.8, 4) is 5.75 Å². The largest absolute Gasteiger partial charge is 0.483 e. The van der Waals surface area contributed by atoms with Gasteiger partial charge in [-0.2, -0.15) is 0 Å². The molecule has 0 saturated carbocycles. The van der Waals surface area contributed by atoms with E-state index in [0.717, 1.165) is 16.0 Å². The third-order valence-electron chi connectivity index (χ3n) is 4.02. The van der Waals surface area contributed by atoms with Gasteiger partial charge in [-0.25, -0.2) is 0 Å². The minimum Gasteiger partial charge on any atom is -0.483 e. The van der Waals surface area contributed by atoms with Gasteiger partial charge in [0.2, 0.25) is 5.91 Å². The number of hydrogen-bond donors (Lipinski definition) is 1. The fourth-order valence-electron chi connectivity index (χ4n) is 2.66. The summed E-state index contributed by atoms with van der Waals surface area (Å²) in [6.07, 6.45) is -0.266. The van der Waals surface area contributed by atoms with Crippen LogP contribution in [0.2, 0.25) is 5.02 Å². The summed E-state index contributed by atoms with van der Waals surface area (Å²) in [5.41, 5.74) is 0.645. The number of amides is 1. The summed E-state index contributed by atoms with van der Waals surface area (Å²) in [5.74, 6) is 1.56. The normalized spacial score (nSPS) is 11.9. The molecule has 0 bridgehead atoms. The molecule has 152 valence electrons. The molecule has 0 saturated heterocycles. The van der Waals surface area contributed by atoms with Crippen LogP contribution in [0, 0.1) is 0 Å². The maximum Gasteiger partial charge on any atom is 0.234 e. The van der Waals surface area contributed by atoms with Crippen LogP contribution >= 0.6 is 39.3 Å². The first-order valence-corrected chi connectivity index (χ1v) is 11.2. The summed E-state index contributed by atoms with van der Waals surface area (Å²) < 4.78 is 8.69. The Kier molecular flexibility index (Phi) is 7.57. The molecule has 0 spiro atoms. The van der Waals surface area contributed by atoms with Gasteiger partial charge in [0.05, 0.1) is 10.8 Å². The Balaban J connectivity index is 1.62. The molecule has 0 aliphatic carbocycles. The quantitative estimate of drug-likeness (QED) is 0.413. The minimum absolute atomic E-state index is 0.144. The van der Waals surface area contributed by atoms with Gasteiger partial charge in [-0.05, 0) is 60.1 Å². The highest BCUT2D eigenvalue weighted by molar-refractivity contribution is 9.10. The second kappa shape index (κ2) is 10.1. The van der Waals surface area contributed by atoms with Crippen LogP contribution in [0.5, 0.6) is 5.75 Å². The van der Waals surface area contributed by atoms with Crippen LogP contribution in [0.25, 0.3) is 0 Å². The van der Waals surface area contributed by atoms with Crippen LogP contribution < -0.4 is 10.1 Å². The molecule has 0 aliphatic heterocycles. The molecule has 0 radical (unpaired) electrons. The highest BCUT2D eigenvalue weighted by atomic mass is 79.9. The number of halogens is 2. The van der Waals surface area contributed by atoms with E-state index in [1.54, 1.807) is 18.2 Å². The van der Waals surface area contributed by atoms with Gasteiger partial charge in [0.25, 0.3) is 0 Å². The molecular formula is C20H20BrClN4O2S. The minimum atomic E-state index is -0.266. The van der Waals surface area contributed by atoms with Gasteiger partial charge in [-0.1, -0.05) is 41.6 Å². The van der Waals surface area contributed by atoms with Gasteiger partial charge >= 0.3 is 0 Å². The van der Waals surface area contributed by atoms with E-state index in [4.69, 9.17) is 16.3 Å². The Labute approximate surface area is 187 Å². The molecule has 2 aromatic carbocycles. The number of thioether (sulfide) groups is 1. The molecule has 3 rings (SSSR count). The van der Waals surface area contributed by atoms with Crippen molar-refractivity contribution < 1.29 is 9.53 Å². The van der Waals surface area contributed by atoms with Crippen molar-refractivity contribution in [3.63, 3.8) is 0 Å². The zero-order valence-electron chi connectivity index (χ0n) is 15.9. The molecule has 1 N–H and O–H groups in total. The lowest BCUT2D eigenvalue weighted by Crippen LogP contribution is -2.15. The molecule has 0 unspecified atom stereocenters. The fraction of sp³-hybridized carbons (Fsp3) is 0.250. The highest BCUT2D eigenvalue weighted by Gasteiger charge is 2.19. The Hall–Kier alpha value is -2.03. The SMILES string of the molecule is CCn1c(SCC(=O)Nc2ccc(Br)c(Cl)c2)nnc1[C@@H](C)Oc1ccccc1. The molecule has 6 nitrogen and oxygen atoms in total. The molecule has 1 aromatic heterocycles. The number of ether oxygens (including phenoxy) is 1. The first-order chi connectivity index (χ1) is 14.0. The van der Waals surface area contributed by atoms with Crippen LogP contribution in [0.4, 0.5) is 5.69 Å². The van der Waals surface area contributed by atoms with Gasteiger partial charge in [0.1, 0.15) is 5.75 Å². The van der Waals surface area contributed by atoms with Crippen molar-refractivity contribution in [2.45, 2.75) is 31.7 Å². The van der Waals surface area contributed by atoms with E-state index in [0.29, 0.717) is 22.4 Å². The number of nitrogens with one attached hydrogen (secondary N) is 1. The average molecular weight is 496 g/mol. The van der Waals surface area contributed by atoms with Gasteiger partial charge in [-0.15, -0.1) is 10.2 Å². The predicted molar refractivity (Wildman–Crippen MR) is 120 cm³/mol. The van der Waals surface area contributed by atoms with Crippen molar-refractivity contribution in [2.75, 3.05) is 11.1 Å². The van der Waals surface area contributed by atoms with Crippen LogP contribution in [-0.2, 0) is 11.3 Å². The van der Waals surface area contributed by atoms with E-state index in [1.165, 1.54) is 11.8 Å². The second-order valence-corrected chi connectivity index (χ2v) is 8.33. The zero-order valence-corrected chi connectivity index (χ0v) is 19.1. The second-order valence-electron chi connectivity index (χ2n) is 6.12. The van der Waals surface area contributed by atoms with Gasteiger partial charge in [0, 0.05) is 16.7 Å². The maximum atomic E-state index is 12.3. The molecule has 0 aliphatic rings. The summed E-state index contributed by atoms with van der Waals surface area (Å²) in [5, 5.41) is 12.6. The molecule has 0 fully saturated rings. The first-order valence-electron chi connectivity index (χ1n) is 9.00. The number of carbonyl (C=O) groups excluding carboxylic acids is 1. The van der Waals surface area contributed by atoms with Crippen molar-refractivity contribution in [2.24, 2.45) is 0 Å². The van der Waals surface area contributed by atoms with Crippen LogP contribution in [-0.4, -0.2) is 26.4 Å². The van der Waals surface area contributed by atoms with Gasteiger partial charge < -0.3 is 14.6 Å². The van der Waals surface area contributed by atoms with E-state index in [-0.39, 0.29) is 17.8 Å². The van der Waals surface area contributed by atoms with Crippen LogP contribution in [0.15, 0.2) is 58.2 Å². The predicted octanol–water partition coefficient (Wildman–Crippen LogP) is 5.58. The highest BCUT2D eigenvalue weighted by Crippen LogP contribution is 2.27. The van der Waals surface area contributed by atoms with E-state index >= 15 is 0 Å². The van der Waals surface area contributed by atoms with Gasteiger partial charge in [0.15, 0.2) is 17.1 Å². The summed E-state index contributed by atoms with van der Waals surface area (Å²) in [4.78, 5) is 12.3. The van der Waals surface area contributed by atoms with Crippen molar-refractivity contribution in [3.05, 3.63) is 63.9 Å². The van der Waals surface area contributed by atoms with E-state index in [1.807, 2.05) is 48.7 Å². The van der Waals surface area contributed by atoms with E-state index < -0.39 is 0 Å². The monoisotopic (exact) mass is 494 g/mol. The Bertz CT molecular complexity index is 984. The third-order valence-corrected chi connectivity index (χ3v) is 6.22. The average Bonchev–Trinajstić information content (AvgIpc) is 3.13. The number of para-hydroxylation sites is 1. The molecule has 1 amide bonds. The summed E-state index contributed by atoms with van der Waals surface area (Å²) >= 11 is 10.7. The molecule has 1 heterocycles. The van der Waals surface area contributed by atoms with Crippen LogP contribution in [0.1, 0.15) is 25.8 Å². The number of aromatic nitrogens is 3. The number of nitrogens with zero attached hydrogens (tertiary/aromatic N) is 3. The van der Waals surface area contributed by atoms with Crippen molar-refractivity contribution in [1.82, 2.24) is 14.8 Å². The lowest BCUT2D eigenvalue weighted by molar-refractivity contribution is -0.113. The summed E-state index contributed by atoms with van der Waals surface area (Å²) in [6, 6.07) is 14.9. The number of benzene rings is 2. The number of hydrogen-bond acceptors (Lipinski definition) is 5. The molecule has 1 atom stereocenters. The van der Waals surface area contributed by atoms with E-state index in [9.17, 15) is 4.79 Å². The summed E-state index contributed by atoms with van der Waals surface area (Å²) in [7, 11) is 0. The summed E-state index contributed by atoms with van der Waals surface area (Å²) in [6.45, 7) is 4.62. The lowest BCUT2D eigenvalue weighted by atomic mass is 10.3. The Morgan fingerprint density at radius 1 is 1.28 bits per heavy atom. The van der Waals surface area contributed by atoms with Crippen molar-refractivity contribution in [1.29, 1.82) is 0 Å². The fourth-order valence-corrected chi connectivity index (χ4v) is 3.90. The molecular weight excluding hydrogens is 476 g/mol. The molecule has 3 aromatic rings. The Morgan fingerprint density at radius 2 is 2.03 bits per heavy atom. The molecule has 29 heavy (non-hydrogen) atoms. The standard InChI is InChI=1S/C20H20BrClN4O2S/c1-3-26-19(13(2)28-15-7-5-4-6-8-15)24-25-20(26)29-12-18(27)23-14-9-10-16(21)17(22)11-14/h4-11,13H,3,12H2,1-2H3,(H,23,27)/t13-/m1/s1. The lowest BCUT2D eigenvalue weighted by Gasteiger charge is -2.15. The first kappa shape index (κ1) is 21.7. The maximum absolute atomic E-state index is 12.3. The number of rotatable bonds is 8. The smallest absolute Gasteiger partial charge is 0.234 e. The van der Waals surface area contributed by atoms with E-state index in [2.05, 4.69) is 31.4 Å². The zero-order chi connectivity index (χ0) is 20.8. The third kappa shape index (κ3) is 5.74. The number of carbonyl (C=O) groups is 1. The Morgan fingerprint density at radius 3 is 2.72 bits per heavy atom. The molecule has 9 heteroatoms. The topological polar surface area (TPSA) is 69.0 Å².